The SMILES string of the molecule is CN(C)CCN1C[C@@H](C(=O)NCCc2cccnc2)CCC1=O. The Kier molecular flexibility index (Phi) is 6.52. The molecule has 1 fully saturated rings. The minimum Gasteiger partial charge on any atom is -0.355 e. The monoisotopic (exact) mass is 318 g/mol. The van der Waals surface area contributed by atoms with E-state index in [-0.39, 0.29) is 17.7 Å². The zero-order valence-electron chi connectivity index (χ0n) is 14.0. The topological polar surface area (TPSA) is 65.5 Å². The van der Waals surface area contributed by atoms with Gasteiger partial charge in [-0.15, -0.1) is 0 Å². The van der Waals surface area contributed by atoms with Crippen LogP contribution in [-0.2, 0) is 16.0 Å². The molecule has 6 heteroatoms. The lowest BCUT2D eigenvalue weighted by Gasteiger charge is -2.32. The average molecular weight is 318 g/mol. The summed E-state index contributed by atoms with van der Waals surface area (Å²) in [6.45, 7) is 2.64. The molecule has 0 bridgehead atoms. The number of likely N-dealkylation sites (N-methyl/N-ethyl adjacent to an activating group) is 1. The molecule has 1 saturated heterocycles. The van der Waals surface area contributed by atoms with Crippen LogP contribution in [0.2, 0.25) is 0 Å². The Morgan fingerprint density at radius 3 is 3.00 bits per heavy atom. The van der Waals surface area contributed by atoms with E-state index in [1.165, 1.54) is 0 Å². The molecule has 1 atom stereocenters. The summed E-state index contributed by atoms with van der Waals surface area (Å²) in [5.41, 5.74) is 1.11. The molecule has 1 aromatic heterocycles. The molecule has 2 amide bonds. The highest BCUT2D eigenvalue weighted by Gasteiger charge is 2.29. The smallest absolute Gasteiger partial charge is 0.224 e. The number of pyridine rings is 1. The van der Waals surface area contributed by atoms with Gasteiger partial charge in [0.25, 0.3) is 0 Å². The predicted molar refractivity (Wildman–Crippen MR) is 88.8 cm³/mol. The van der Waals surface area contributed by atoms with Crippen LogP contribution in [0.5, 0.6) is 0 Å². The van der Waals surface area contributed by atoms with Crippen LogP contribution in [0.15, 0.2) is 24.5 Å². The third-order valence-electron chi connectivity index (χ3n) is 4.12. The first kappa shape index (κ1) is 17.4. The molecule has 126 valence electrons. The zero-order valence-corrected chi connectivity index (χ0v) is 14.0. The largest absolute Gasteiger partial charge is 0.355 e. The Labute approximate surface area is 137 Å². The van der Waals surface area contributed by atoms with Gasteiger partial charge in [-0.25, -0.2) is 0 Å². The molecular weight excluding hydrogens is 292 g/mol. The molecule has 1 aliphatic rings. The van der Waals surface area contributed by atoms with Crippen LogP contribution in [0.4, 0.5) is 0 Å². The fourth-order valence-electron chi connectivity index (χ4n) is 2.69. The Balaban J connectivity index is 1.76. The van der Waals surface area contributed by atoms with E-state index in [1.807, 2.05) is 42.2 Å². The van der Waals surface area contributed by atoms with Gasteiger partial charge in [0.05, 0.1) is 5.92 Å². The van der Waals surface area contributed by atoms with Crippen molar-refractivity contribution in [2.45, 2.75) is 19.3 Å². The van der Waals surface area contributed by atoms with Crippen molar-refractivity contribution in [1.82, 2.24) is 20.1 Å². The van der Waals surface area contributed by atoms with E-state index in [2.05, 4.69) is 10.3 Å². The Bertz CT molecular complexity index is 519. The number of hydrogen-bond donors (Lipinski definition) is 1. The fourth-order valence-corrected chi connectivity index (χ4v) is 2.69. The van der Waals surface area contributed by atoms with Crippen molar-refractivity contribution in [2.75, 3.05) is 40.3 Å². The van der Waals surface area contributed by atoms with Gasteiger partial charge in [-0.1, -0.05) is 6.07 Å². The minimum atomic E-state index is -0.0937. The molecule has 0 spiro atoms. The molecule has 0 aliphatic carbocycles. The molecule has 2 rings (SSSR count). The third kappa shape index (κ3) is 5.63. The lowest BCUT2D eigenvalue weighted by molar-refractivity contribution is -0.138. The number of carbonyl (C=O) groups is 2. The van der Waals surface area contributed by atoms with Crippen molar-refractivity contribution in [3.8, 4) is 0 Å². The number of aromatic nitrogens is 1. The van der Waals surface area contributed by atoms with E-state index in [1.54, 1.807) is 6.20 Å². The Morgan fingerprint density at radius 2 is 2.30 bits per heavy atom. The quantitative estimate of drug-likeness (QED) is 0.797. The van der Waals surface area contributed by atoms with Gasteiger partial charge in [-0.3, -0.25) is 14.6 Å². The maximum Gasteiger partial charge on any atom is 0.224 e. The average Bonchev–Trinajstić information content (AvgIpc) is 2.55. The minimum absolute atomic E-state index is 0.0521. The van der Waals surface area contributed by atoms with Crippen LogP contribution in [0.3, 0.4) is 0 Å². The second kappa shape index (κ2) is 8.62. The van der Waals surface area contributed by atoms with Crippen LogP contribution in [0.25, 0.3) is 0 Å². The summed E-state index contributed by atoms with van der Waals surface area (Å²) >= 11 is 0. The Hall–Kier alpha value is -1.95. The van der Waals surface area contributed by atoms with Gasteiger partial charge in [-0.2, -0.15) is 0 Å². The van der Waals surface area contributed by atoms with Crippen molar-refractivity contribution < 1.29 is 9.59 Å². The highest BCUT2D eigenvalue weighted by Crippen LogP contribution is 2.17. The van der Waals surface area contributed by atoms with Gasteiger partial charge in [-0.05, 0) is 38.6 Å². The van der Waals surface area contributed by atoms with E-state index >= 15 is 0 Å². The number of piperidine rings is 1. The van der Waals surface area contributed by atoms with Crippen LogP contribution in [0.1, 0.15) is 18.4 Å². The van der Waals surface area contributed by atoms with E-state index in [0.717, 1.165) is 18.5 Å². The number of amides is 2. The van der Waals surface area contributed by atoms with Gasteiger partial charge >= 0.3 is 0 Å². The molecule has 0 unspecified atom stereocenters. The van der Waals surface area contributed by atoms with E-state index in [9.17, 15) is 9.59 Å². The first-order chi connectivity index (χ1) is 11.1. The lowest BCUT2D eigenvalue weighted by Crippen LogP contribution is -2.47. The number of carbonyl (C=O) groups excluding carboxylic acids is 2. The maximum absolute atomic E-state index is 12.3. The number of likely N-dealkylation sites (tertiary alicyclic amines) is 1. The summed E-state index contributed by atoms with van der Waals surface area (Å²) < 4.78 is 0. The van der Waals surface area contributed by atoms with Gasteiger partial charge in [0.1, 0.15) is 0 Å². The number of hydrogen-bond acceptors (Lipinski definition) is 4. The van der Waals surface area contributed by atoms with Gasteiger partial charge < -0.3 is 15.1 Å². The molecule has 2 heterocycles. The van der Waals surface area contributed by atoms with Crippen LogP contribution >= 0.6 is 0 Å². The third-order valence-corrected chi connectivity index (χ3v) is 4.12. The zero-order chi connectivity index (χ0) is 16.7. The molecular formula is C17H26N4O2. The number of rotatable bonds is 7. The molecule has 1 N–H and O–H groups in total. The first-order valence-corrected chi connectivity index (χ1v) is 8.15. The standard InChI is InChI=1S/C17H26N4O2/c1-20(2)10-11-21-13-15(5-6-16(21)22)17(23)19-9-7-14-4-3-8-18-12-14/h3-4,8,12,15H,5-7,9-11,13H2,1-2H3,(H,19,23)/t15-/m0/s1. The highest BCUT2D eigenvalue weighted by molar-refractivity contribution is 5.83. The highest BCUT2D eigenvalue weighted by atomic mass is 16.2. The molecule has 23 heavy (non-hydrogen) atoms. The summed E-state index contributed by atoms with van der Waals surface area (Å²) in [6.07, 6.45) is 5.44. The maximum atomic E-state index is 12.3. The van der Waals surface area contributed by atoms with Crippen molar-refractivity contribution in [3.05, 3.63) is 30.1 Å². The van der Waals surface area contributed by atoms with Gasteiger partial charge in [0.15, 0.2) is 0 Å². The van der Waals surface area contributed by atoms with Crippen molar-refractivity contribution in [2.24, 2.45) is 5.92 Å². The van der Waals surface area contributed by atoms with Crippen LogP contribution < -0.4 is 5.32 Å². The van der Waals surface area contributed by atoms with Gasteiger partial charge in [0.2, 0.25) is 11.8 Å². The molecule has 0 aromatic carbocycles. The Morgan fingerprint density at radius 1 is 1.48 bits per heavy atom. The van der Waals surface area contributed by atoms with Gasteiger partial charge in [0, 0.05) is 45.0 Å². The molecule has 0 radical (unpaired) electrons. The van der Waals surface area contributed by atoms with Crippen molar-refractivity contribution in [3.63, 3.8) is 0 Å². The van der Waals surface area contributed by atoms with E-state index < -0.39 is 0 Å². The summed E-state index contributed by atoms with van der Waals surface area (Å²) in [5, 5.41) is 2.99. The van der Waals surface area contributed by atoms with Crippen LogP contribution in [0, 0.1) is 5.92 Å². The van der Waals surface area contributed by atoms with Crippen molar-refractivity contribution >= 4 is 11.8 Å². The summed E-state index contributed by atoms with van der Waals surface area (Å²) in [4.78, 5) is 32.2. The van der Waals surface area contributed by atoms with Crippen LogP contribution in [-0.4, -0.2) is 66.9 Å². The first-order valence-electron chi connectivity index (χ1n) is 8.15. The van der Waals surface area contributed by atoms with Crippen molar-refractivity contribution in [1.29, 1.82) is 0 Å². The normalized spacial score (nSPS) is 18.3. The molecule has 6 nitrogen and oxygen atoms in total. The fraction of sp³-hybridized carbons (Fsp3) is 0.588. The predicted octanol–water partition coefficient (Wildman–Crippen LogP) is 0.541. The second-order valence-corrected chi connectivity index (χ2v) is 6.28. The molecule has 0 saturated carbocycles. The summed E-state index contributed by atoms with van der Waals surface area (Å²) in [7, 11) is 3.97. The lowest BCUT2D eigenvalue weighted by atomic mass is 9.96. The van der Waals surface area contributed by atoms with E-state index in [0.29, 0.717) is 32.5 Å². The second-order valence-electron chi connectivity index (χ2n) is 6.28. The number of nitrogens with zero attached hydrogens (tertiary/aromatic N) is 3. The van der Waals surface area contributed by atoms with E-state index in [4.69, 9.17) is 0 Å². The summed E-state index contributed by atoms with van der Waals surface area (Å²) in [5.74, 6) is 0.117. The number of nitrogens with one attached hydrogen (secondary N) is 1. The molecule has 1 aromatic rings. The summed E-state index contributed by atoms with van der Waals surface area (Å²) in [6, 6.07) is 3.90. The molecule has 1 aliphatic heterocycles.